The second-order valence-electron chi connectivity index (χ2n) is 2.81. The van der Waals surface area contributed by atoms with Gasteiger partial charge in [-0.2, -0.15) is 0 Å². The number of halogens is 1. The summed E-state index contributed by atoms with van der Waals surface area (Å²) in [4.78, 5) is 4.39. The fraction of sp³-hybridized carbons (Fsp3) is 0.625. The Labute approximate surface area is 81.3 Å². The molecule has 0 radical (unpaired) electrons. The minimum absolute atomic E-state index is 0.471. The van der Waals surface area contributed by atoms with Crippen LogP contribution in [0.2, 0.25) is 0 Å². The zero-order valence-electron chi connectivity index (χ0n) is 6.96. The van der Waals surface area contributed by atoms with Crippen LogP contribution < -0.4 is 11.1 Å². The van der Waals surface area contributed by atoms with Crippen molar-refractivity contribution in [3.8, 4) is 0 Å². The Balaban J connectivity index is 2.33. The molecule has 0 saturated carbocycles. The van der Waals surface area contributed by atoms with E-state index in [0.717, 1.165) is 30.4 Å². The molecule has 0 aliphatic carbocycles. The lowest BCUT2D eigenvalue weighted by Gasteiger charge is -2.18. The molecule has 0 amide bonds. The molecule has 1 aliphatic heterocycles. The van der Waals surface area contributed by atoms with E-state index in [-0.39, 0.29) is 0 Å². The highest BCUT2D eigenvalue weighted by Crippen LogP contribution is 2.07. The van der Waals surface area contributed by atoms with Crippen molar-refractivity contribution in [2.75, 3.05) is 13.1 Å². The highest BCUT2D eigenvalue weighted by Gasteiger charge is 2.09. The number of nitrogens with zero attached hydrogens (tertiary/aromatic N) is 1. The van der Waals surface area contributed by atoms with Gasteiger partial charge in [-0.25, -0.2) is 0 Å². The molecule has 0 aromatic rings. The molecule has 1 aliphatic rings. The molecule has 1 heterocycles. The van der Waals surface area contributed by atoms with Crippen LogP contribution in [-0.2, 0) is 0 Å². The molecule has 0 aromatic carbocycles. The van der Waals surface area contributed by atoms with Crippen molar-refractivity contribution in [3.05, 3.63) is 10.7 Å². The molecule has 1 saturated heterocycles. The number of allylic oxidation sites excluding steroid dienone is 1. The van der Waals surface area contributed by atoms with E-state index in [4.69, 9.17) is 5.73 Å². The molecule has 0 atom stereocenters. The Morgan fingerprint density at radius 1 is 1.50 bits per heavy atom. The van der Waals surface area contributed by atoms with Gasteiger partial charge in [0.2, 0.25) is 0 Å². The van der Waals surface area contributed by atoms with E-state index in [9.17, 15) is 0 Å². The van der Waals surface area contributed by atoms with Crippen molar-refractivity contribution in [1.29, 1.82) is 0 Å². The first-order valence-corrected chi connectivity index (χ1v) is 4.93. The van der Waals surface area contributed by atoms with Crippen molar-refractivity contribution in [1.82, 2.24) is 5.32 Å². The van der Waals surface area contributed by atoms with Crippen LogP contribution in [0.1, 0.15) is 12.8 Å². The van der Waals surface area contributed by atoms with Crippen LogP contribution in [0, 0.1) is 0 Å². The largest absolute Gasteiger partial charge is 0.404 e. The van der Waals surface area contributed by atoms with Crippen molar-refractivity contribution in [2.24, 2.45) is 10.7 Å². The maximum Gasteiger partial charge on any atom is 0.0524 e. The minimum Gasteiger partial charge on any atom is -0.404 e. The first kappa shape index (κ1) is 9.74. The topological polar surface area (TPSA) is 50.4 Å². The number of nitrogens with one attached hydrogen (secondary N) is 1. The first-order valence-electron chi connectivity index (χ1n) is 4.14. The molecule has 1 rings (SSSR count). The van der Waals surface area contributed by atoms with E-state index in [1.54, 1.807) is 6.21 Å². The predicted octanol–water partition coefficient (Wildman–Crippen LogP) is 1.00. The van der Waals surface area contributed by atoms with E-state index in [1.165, 1.54) is 6.20 Å². The fourth-order valence-corrected chi connectivity index (χ4v) is 1.29. The number of nitrogens with two attached hydrogens (primary N) is 1. The quantitative estimate of drug-likeness (QED) is 0.698. The molecular weight excluding hydrogens is 218 g/mol. The number of piperidine rings is 1. The molecule has 0 aromatic heterocycles. The van der Waals surface area contributed by atoms with Crippen molar-refractivity contribution in [2.45, 2.75) is 18.9 Å². The molecule has 4 heteroatoms. The van der Waals surface area contributed by atoms with Gasteiger partial charge >= 0.3 is 0 Å². The number of hydrogen-bond acceptors (Lipinski definition) is 3. The molecule has 0 bridgehead atoms. The van der Waals surface area contributed by atoms with Gasteiger partial charge in [-0.1, -0.05) is 0 Å². The summed E-state index contributed by atoms with van der Waals surface area (Å²) in [6.45, 7) is 2.15. The Kier molecular flexibility index (Phi) is 4.32. The second-order valence-corrected chi connectivity index (χ2v) is 3.73. The van der Waals surface area contributed by atoms with Gasteiger partial charge < -0.3 is 11.1 Å². The monoisotopic (exact) mass is 231 g/mol. The molecule has 12 heavy (non-hydrogen) atoms. The summed E-state index contributed by atoms with van der Waals surface area (Å²) in [7, 11) is 0. The van der Waals surface area contributed by atoms with Crippen LogP contribution in [-0.4, -0.2) is 25.3 Å². The van der Waals surface area contributed by atoms with E-state index in [1.807, 2.05) is 0 Å². The lowest BCUT2D eigenvalue weighted by molar-refractivity contribution is 0.461. The lowest BCUT2D eigenvalue weighted by atomic mass is 10.1. The van der Waals surface area contributed by atoms with Gasteiger partial charge in [-0.15, -0.1) is 0 Å². The van der Waals surface area contributed by atoms with Crippen LogP contribution >= 0.6 is 15.9 Å². The standard InChI is InChI=1S/C8H14BrN3/c9-7(5-10)6-12-8-1-3-11-4-2-8/h5-6,8,11H,1-4,10H2/b7-5+,12-6?. The summed E-state index contributed by atoms with van der Waals surface area (Å²) in [6.07, 6.45) is 5.54. The summed E-state index contributed by atoms with van der Waals surface area (Å²) >= 11 is 3.27. The SMILES string of the molecule is N/C=C(/Br)C=NC1CCNCC1. The van der Waals surface area contributed by atoms with Gasteiger partial charge in [0.25, 0.3) is 0 Å². The van der Waals surface area contributed by atoms with Gasteiger partial charge in [-0.3, -0.25) is 4.99 Å². The van der Waals surface area contributed by atoms with Gasteiger partial charge in [0.15, 0.2) is 0 Å². The third-order valence-corrected chi connectivity index (χ3v) is 2.35. The minimum atomic E-state index is 0.471. The van der Waals surface area contributed by atoms with Crippen molar-refractivity contribution < 1.29 is 0 Å². The summed E-state index contributed by atoms with van der Waals surface area (Å²) in [5, 5.41) is 3.29. The average Bonchev–Trinajstić information content (AvgIpc) is 2.16. The molecule has 0 unspecified atom stereocenters. The van der Waals surface area contributed by atoms with E-state index >= 15 is 0 Å². The van der Waals surface area contributed by atoms with Crippen LogP contribution in [0.4, 0.5) is 0 Å². The number of aliphatic imine (C=N–C) groups is 1. The van der Waals surface area contributed by atoms with Crippen molar-refractivity contribution >= 4 is 22.1 Å². The maximum atomic E-state index is 5.28. The van der Waals surface area contributed by atoms with E-state index < -0.39 is 0 Å². The highest BCUT2D eigenvalue weighted by molar-refractivity contribution is 9.12. The summed E-state index contributed by atoms with van der Waals surface area (Å²) in [5.74, 6) is 0. The second kappa shape index (κ2) is 5.32. The van der Waals surface area contributed by atoms with Gasteiger partial charge in [0, 0.05) is 12.4 Å². The van der Waals surface area contributed by atoms with Crippen LogP contribution in [0.15, 0.2) is 15.7 Å². The zero-order valence-corrected chi connectivity index (χ0v) is 8.55. The van der Waals surface area contributed by atoms with Crippen LogP contribution in [0.25, 0.3) is 0 Å². The molecule has 3 N–H and O–H groups in total. The Morgan fingerprint density at radius 3 is 2.75 bits per heavy atom. The predicted molar refractivity (Wildman–Crippen MR) is 55.6 cm³/mol. The normalized spacial score (nSPS) is 21.9. The number of rotatable bonds is 2. The molecular formula is C8H14BrN3. The average molecular weight is 232 g/mol. The van der Waals surface area contributed by atoms with Crippen LogP contribution in [0.3, 0.4) is 0 Å². The molecule has 68 valence electrons. The Bertz CT molecular complexity index is 183. The summed E-state index contributed by atoms with van der Waals surface area (Å²) < 4.78 is 0.848. The number of hydrogen-bond donors (Lipinski definition) is 2. The fourth-order valence-electron chi connectivity index (χ4n) is 1.18. The van der Waals surface area contributed by atoms with Gasteiger partial charge in [0.05, 0.1) is 10.5 Å². The van der Waals surface area contributed by atoms with Gasteiger partial charge in [-0.05, 0) is 41.9 Å². The molecule has 1 fully saturated rings. The summed E-state index contributed by atoms with van der Waals surface area (Å²) in [6, 6.07) is 0.471. The molecule has 3 nitrogen and oxygen atoms in total. The third-order valence-electron chi connectivity index (χ3n) is 1.88. The Morgan fingerprint density at radius 2 is 2.17 bits per heavy atom. The Hall–Kier alpha value is -0.350. The van der Waals surface area contributed by atoms with Crippen molar-refractivity contribution in [3.63, 3.8) is 0 Å². The molecule has 0 spiro atoms. The first-order chi connectivity index (χ1) is 5.83. The highest BCUT2D eigenvalue weighted by atomic mass is 79.9. The maximum absolute atomic E-state index is 5.28. The third kappa shape index (κ3) is 3.36. The van der Waals surface area contributed by atoms with Crippen LogP contribution in [0.5, 0.6) is 0 Å². The van der Waals surface area contributed by atoms with E-state index in [2.05, 4.69) is 26.2 Å². The summed E-state index contributed by atoms with van der Waals surface area (Å²) in [5.41, 5.74) is 5.28. The lowest BCUT2D eigenvalue weighted by Crippen LogP contribution is -2.29. The van der Waals surface area contributed by atoms with Gasteiger partial charge in [0.1, 0.15) is 0 Å². The smallest absolute Gasteiger partial charge is 0.0524 e. The zero-order chi connectivity index (χ0) is 8.81. The van der Waals surface area contributed by atoms with E-state index in [0.29, 0.717) is 6.04 Å².